The van der Waals surface area contributed by atoms with Crippen LogP contribution in [0.25, 0.3) is 0 Å². The van der Waals surface area contributed by atoms with Gasteiger partial charge in [-0.1, -0.05) is 0 Å². The Kier molecular flexibility index (Phi) is 4.91. The van der Waals surface area contributed by atoms with Crippen LogP contribution in [0.5, 0.6) is 0 Å². The fraction of sp³-hybridized carbons (Fsp3) is 0.250. The normalized spacial score (nSPS) is 13.1. The minimum atomic E-state index is -1.10. The Labute approximate surface area is 95.4 Å². The highest BCUT2D eigenvalue weighted by Crippen LogP contribution is 2.21. The molecule has 1 unspecified atom stereocenters. The van der Waals surface area contributed by atoms with E-state index in [1.54, 1.807) is 30.5 Å². The molecule has 0 aliphatic heterocycles. The van der Waals surface area contributed by atoms with E-state index in [-0.39, 0.29) is 0 Å². The Morgan fingerprint density at radius 3 is 2.36 bits per heavy atom. The number of benzene rings is 1. The lowest BCUT2D eigenvalue weighted by atomic mass is 10.4. The average Bonchev–Trinajstić information content (AvgIpc) is 2.18. The van der Waals surface area contributed by atoms with Gasteiger partial charge in [-0.25, -0.2) is 12.2 Å². The summed E-state index contributed by atoms with van der Waals surface area (Å²) in [6.07, 6.45) is 0. The SMILES string of the molecule is CN(C)S(=O)c1ccc(SOCl)cc1. The van der Waals surface area contributed by atoms with Gasteiger partial charge in [0.1, 0.15) is 11.0 Å². The van der Waals surface area contributed by atoms with Crippen LogP contribution in [-0.4, -0.2) is 22.6 Å². The maximum Gasteiger partial charge on any atom is 0.127 e. The van der Waals surface area contributed by atoms with Gasteiger partial charge in [0.2, 0.25) is 0 Å². The third-order valence-electron chi connectivity index (χ3n) is 1.48. The highest BCUT2D eigenvalue weighted by atomic mass is 35.5. The molecule has 0 aliphatic carbocycles. The highest BCUT2D eigenvalue weighted by Gasteiger charge is 2.05. The smallest absolute Gasteiger partial charge is 0.127 e. The van der Waals surface area contributed by atoms with E-state index in [2.05, 4.69) is 3.74 Å². The molecule has 1 atom stereocenters. The number of hydrogen-bond donors (Lipinski definition) is 0. The molecule has 1 aromatic carbocycles. The molecule has 0 spiro atoms. The Hall–Kier alpha value is -0.0700. The Morgan fingerprint density at radius 1 is 1.36 bits per heavy atom. The molecule has 0 radical (unpaired) electrons. The minimum Gasteiger partial charge on any atom is -0.237 e. The van der Waals surface area contributed by atoms with E-state index in [4.69, 9.17) is 11.9 Å². The summed E-state index contributed by atoms with van der Waals surface area (Å²) in [5, 5.41) is 0. The molecular weight excluding hydrogens is 242 g/mol. The summed E-state index contributed by atoms with van der Waals surface area (Å²) in [6, 6.07) is 7.19. The van der Waals surface area contributed by atoms with Crippen molar-refractivity contribution < 1.29 is 7.94 Å². The molecule has 0 amide bonds. The minimum absolute atomic E-state index is 0.758. The van der Waals surface area contributed by atoms with Crippen LogP contribution in [0.3, 0.4) is 0 Å². The van der Waals surface area contributed by atoms with Crippen LogP contribution in [0.1, 0.15) is 0 Å². The molecule has 0 aliphatic rings. The van der Waals surface area contributed by atoms with Gasteiger partial charge in [-0.15, -0.1) is 0 Å². The first-order valence-corrected chi connectivity index (χ1v) is 5.95. The zero-order valence-corrected chi connectivity index (χ0v) is 10.2. The van der Waals surface area contributed by atoms with Crippen LogP contribution in [0.2, 0.25) is 0 Å². The summed E-state index contributed by atoms with van der Waals surface area (Å²) in [5.41, 5.74) is 0. The van der Waals surface area contributed by atoms with Crippen molar-refractivity contribution in [3.63, 3.8) is 0 Å². The molecule has 0 saturated carbocycles. The second-order valence-corrected chi connectivity index (χ2v) is 5.52. The first kappa shape index (κ1) is 12.0. The van der Waals surface area contributed by atoms with Crippen LogP contribution < -0.4 is 0 Å². The molecule has 0 N–H and O–H groups in total. The van der Waals surface area contributed by atoms with Crippen LogP contribution in [0.4, 0.5) is 0 Å². The predicted molar refractivity (Wildman–Crippen MR) is 59.3 cm³/mol. The summed E-state index contributed by atoms with van der Waals surface area (Å²) in [5.74, 6) is 0. The van der Waals surface area contributed by atoms with E-state index in [0.29, 0.717) is 0 Å². The van der Waals surface area contributed by atoms with Crippen LogP contribution in [0.15, 0.2) is 34.1 Å². The van der Waals surface area contributed by atoms with Gasteiger partial charge in [0.25, 0.3) is 0 Å². The third kappa shape index (κ3) is 3.25. The lowest BCUT2D eigenvalue weighted by Crippen LogP contribution is -2.14. The number of halogens is 1. The summed E-state index contributed by atoms with van der Waals surface area (Å²) in [4.78, 5) is 1.63. The first-order valence-electron chi connectivity index (χ1n) is 3.79. The van der Waals surface area contributed by atoms with Gasteiger partial charge in [0.15, 0.2) is 0 Å². The molecular formula is C8H10ClNO2S2. The van der Waals surface area contributed by atoms with Crippen LogP contribution in [0, 0.1) is 0 Å². The Morgan fingerprint density at radius 2 is 1.93 bits per heavy atom. The highest BCUT2D eigenvalue weighted by molar-refractivity contribution is 7.95. The molecule has 0 saturated heterocycles. The van der Waals surface area contributed by atoms with Gasteiger partial charge in [-0.2, -0.15) is 0 Å². The number of rotatable bonds is 4. The van der Waals surface area contributed by atoms with Crippen molar-refractivity contribution in [3.8, 4) is 0 Å². The van der Waals surface area contributed by atoms with Crippen molar-refractivity contribution in [2.24, 2.45) is 0 Å². The zero-order valence-electron chi connectivity index (χ0n) is 7.77. The maximum atomic E-state index is 11.6. The number of hydrogen-bond acceptors (Lipinski definition) is 3. The summed E-state index contributed by atoms with van der Waals surface area (Å²) in [7, 11) is 2.43. The van der Waals surface area contributed by atoms with Gasteiger partial charge >= 0.3 is 0 Å². The molecule has 1 rings (SSSR count). The standard InChI is InChI=1S/C8H10ClNO2S2/c1-10(2)14(11)8-5-3-7(4-6-8)13-12-9/h3-6H,1-2H3. The third-order valence-corrected chi connectivity index (χ3v) is 3.54. The number of nitrogens with zero attached hydrogens (tertiary/aromatic N) is 1. The van der Waals surface area contributed by atoms with Crippen molar-refractivity contribution in [2.75, 3.05) is 14.1 Å². The van der Waals surface area contributed by atoms with Gasteiger partial charge in [-0.3, -0.25) is 0 Å². The predicted octanol–water partition coefficient (Wildman–Crippen LogP) is 2.45. The summed E-state index contributed by atoms with van der Waals surface area (Å²) < 4.78 is 17.6. The van der Waals surface area contributed by atoms with E-state index in [9.17, 15) is 4.21 Å². The molecule has 1 aromatic rings. The molecule has 14 heavy (non-hydrogen) atoms. The largest absolute Gasteiger partial charge is 0.237 e. The zero-order chi connectivity index (χ0) is 10.6. The second-order valence-electron chi connectivity index (χ2n) is 2.68. The topological polar surface area (TPSA) is 29.5 Å². The van der Waals surface area contributed by atoms with Crippen molar-refractivity contribution in [1.29, 1.82) is 0 Å². The summed E-state index contributed by atoms with van der Waals surface area (Å²) in [6.45, 7) is 0. The van der Waals surface area contributed by atoms with Gasteiger partial charge in [0, 0.05) is 4.90 Å². The lowest BCUT2D eigenvalue weighted by molar-refractivity contribution is 0.602. The molecule has 78 valence electrons. The van der Waals surface area contributed by atoms with E-state index in [1.807, 2.05) is 12.1 Å². The molecule has 0 bridgehead atoms. The lowest BCUT2D eigenvalue weighted by Gasteiger charge is -2.08. The average molecular weight is 252 g/mol. The van der Waals surface area contributed by atoms with Crippen molar-refractivity contribution in [3.05, 3.63) is 24.3 Å². The van der Waals surface area contributed by atoms with Crippen molar-refractivity contribution >= 4 is 34.9 Å². The van der Waals surface area contributed by atoms with E-state index in [1.165, 1.54) is 0 Å². The van der Waals surface area contributed by atoms with Crippen molar-refractivity contribution in [1.82, 2.24) is 4.31 Å². The van der Waals surface area contributed by atoms with E-state index < -0.39 is 11.0 Å². The molecule has 0 aromatic heterocycles. The fourth-order valence-electron chi connectivity index (χ4n) is 0.859. The Balaban J connectivity index is 2.78. The van der Waals surface area contributed by atoms with E-state index >= 15 is 0 Å². The molecule has 0 heterocycles. The monoisotopic (exact) mass is 251 g/mol. The van der Waals surface area contributed by atoms with Crippen molar-refractivity contribution in [2.45, 2.75) is 9.79 Å². The maximum absolute atomic E-state index is 11.6. The quantitative estimate of drug-likeness (QED) is 0.770. The Bertz CT molecular complexity index is 316. The van der Waals surface area contributed by atoms with Gasteiger partial charge in [0.05, 0.1) is 28.8 Å². The second kappa shape index (κ2) is 5.72. The van der Waals surface area contributed by atoms with Gasteiger partial charge < -0.3 is 0 Å². The molecule has 0 fully saturated rings. The first-order chi connectivity index (χ1) is 6.65. The van der Waals surface area contributed by atoms with Gasteiger partial charge in [-0.05, 0) is 38.4 Å². The summed E-state index contributed by atoms with van der Waals surface area (Å²) >= 11 is 6.14. The molecule has 3 nitrogen and oxygen atoms in total. The van der Waals surface area contributed by atoms with Crippen LogP contribution in [-0.2, 0) is 14.7 Å². The van der Waals surface area contributed by atoms with Crippen LogP contribution >= 0.6 is 23.9 Å². The fourth-order valence-corrected chi connectivity index (χ4v) is 2.19. The van der Waals surface area contributed by atoms with E-state index in [0.717, 1.165) is 21.8 Å². The molecule has 6 heteroatoms.